The van der Waals surface area contributed by atoms with Crippen molar-refractivity contribution < 1.29 is 19.4 Å². The summed E-state index contributed by atoms with van der Waals surface area (Å²) < 4.78 is 5.10. The van der Waals surface area contributed by atoms with Crippen molar-refractivity contribution >= 4 is 11.9 Å². The van der Waals surface area contributed by atoms with Crippen LogP contribution in [0.4, 0.5) is 0 Å². The molecule has 1 unspecified atom stereocenters. The van der Waals surface area contributed by atoms with Gasteiger partial charge in [0.2, 0.25) is 5.91 Å². The molecule has 19 heavy (non-hydrogen) atoms. The number of aliphatic carboxylic acids is 1. The highest BCUT2D eigenvalue weighted by Gasteiger charge is 2.43. The monoisotopic (exact) mass is 271 g/mol. The molecule has 0 saturated carbocycles. The number of carboxylic acid groups (broad SMARTS) is 1. The van der Waals surface area contributed by atoms with Gasteiger partial charge in [-0.05, 0) is 6.42 Å². The lowest BCUT2D eigenvalue weighted by molar-refractivity contribution is -0.147. The van der Waals surface area contributed by atoms with E-state index in [4.69, 9.17) is 4.74 Å². The largest absolute Gasteiger partial charge is 0.479 e. The highest BCUT2D eigenvalue weighted by Crippen LogP contribution is 2.19. The lowest BCUT2D eigenvalue weighted by Gasteiger charge is -2.23. The molecule has 0 aromatic heterocycles. The minimum Gasteiger partial charge on any atom is -0.479 e. The average Bonchev–Trinajstić information content (AvgIpc) is 2.83. The predicted molar refractivity (Wildman–Crippen MR) is 71.9 cm³/mol. The summed E-state index contributed by atoms with van der Waals surface area (Å²) in [6.45, 7) is 2.64. The zero-order valence-corrected chi connectivity index (χ0v) is 11.7. The number of carboxylic acids is 1. The summed E-state index contributed by atoms with van der Waals surface area (Å²) in [5.41, 5.74) is -1.20. The van der Waals surface area contributed by atoms with Crippen LogP contribution in [0, 0.1) is 0 Å². The van der Waals surface area contributed by atoms with Crippen LogP contribution in [0.25, 0.3) is 0 Å². The second-order valence-electron chi connectivity index (χ2n) is 5.26. The third-order valence-corrected chi connectivity index (χ3v) is 3.57. The van der Waals surface area contributed by atoms with Crippen molar-refractivity contribution in [3.63, 3.8) is 0 Å². The van der Waals surface area contributed by atoms with Gasteiger partial charge in [-0.1, -0.05) is 39.0 Å². The maximum Gasteiger partial charge on any atom is 0.331 e. The number of amides is 1. The summed E-state index contributed by atoms with van der Waals surface area (Å²) in [5.74, 6) is -1.18. The van der Waals surface area contributed by atoms with Crippen LogP contribution < -0.4 is 5.32 Å². The Labute approximate surface area is 114 Å². The van der Waals surface area contributed by atoms with E-state index >= 15 is 0 Å². The van der Waals surface area contributed by atoms with Gasteiger partial charge in [-0.3, -0.25) is 4.79 Å². The molecule has 0 radical (unpaired) electrons. The quantitative estimate of drug-likeness (QED) is 0.630. The molecule has 1 atom stereocenters. The Morgan fingerprint density at radius 1 is 1.21 bits per heavy atom. The minimum atomic E-state index is -1.20. The summed E-state index contributed by atoms with van der Waals surface area (Å²) in [6.07, 6.45) is 7.43. The van der Waals surface area contributed by atoms with E-state index in [0.29, 0.717) is 19.4 Å². The Kier molecular flexibility index (Phi) is 6.84. The molecule has 0 aromatic carbocycles. The van der Waals surface area contributed by atoms with Crippen LogP contribution in [-0.2, 0) is 14.3 Å². The first-order chi connectivity index (χ1) is 9.10. The fourth-order valence-electron chi connectivity index (χ4n) is 2.28. The lowest BCUT2D eigenvalue weighted by atomic mass is 9.98. The number of carbonyl (C=O) groups excluding carboxylic acids is 1. The average molecular weight is 271 g/mol. The molecule has 1 amide bonds. The molecule has 1 fully saturated rings. The number of hydrogen-bond donors (Lipinski definition) is 2. The highest BCUT2D eigenvalue weighted by molar-refractivity contribution is 5.87. The van der Waals surface area contributed by atoms with Crippen LogP contribution in [-0.4, -0.2) is 35.7 Å². The van der Waals surface area contributed by atoms with Gasteiger partial charge in [-0.2, -0.15) is 0 Å². The first-order valence-electron chi connectivity index (χ1n) is 7.23. The van der Waals surface area contributed by atoms with Gasteiger partial charge in [0.05, 0.1) is 6.61 Å². The van der Waals surface area contributed by atoms with Crippen molar-refractivity contribution in [2.75, 3.05) is 13.2 Å². The molecule has 1 rings (SSSR count). The molecule has 1 aliphatic heterocycles. The normalized spacial score (nSPS) is 22.4. The number of ether oxygens (including phenoxy) is 1. The molecule has 2 N–H and O–H groups in total. The van der Waals surface area contributed by atoms with Crippen molar-refractivity contribution in [1.82, 2.24) is 5.32 Å². The Hall–Kier alpha value is -1.10. The standard InChI is InChI=1S/C14H25NO4/c1-2-3-4-5-6-7-8-12(16)15-14(13(17)18)9-10-19-11-14/h2-11H2,1H3,(H,15,16)(H,17,18). The SMILES string of the molecule is CCCCCCCCC(=O)NC1(C(=O)O)CCOC1. The van der Waals surface area contributed by atoms with Gasteiger partial charge in [0.15, 0.2) is 5.54 Å². The topological polar surface area (TPSA) is 75.6 Å². The predicted octanol–water partition coefficient (Wildman–Crippen LogP) is 2.10. The molecule has 5 heteroatoms. The fourth-order valence-corrected chi connectivity index (χ4v) is 2.28. The minimum absolute atomic E-state index is 0.0740. The second-order valence-corrected chi connectivity index (χ2v) is 5.26. The summed E-state index contributed by atoms with van der Waals surface area (Å²) in [6, 6.07) is 0. The number of rotatable bonds is 9. The fraction of sp³-hybridized carbons (Fsp3) is 0.857. The van der Waals surface area contributed by atoms with Crippen molar-refractivity contribution in [2.45, 2.75) is 63.8 Å². The molecule has 0 aliphatic carbocycles. The molecule has 5 nitrogen and oxygen atoms in total. The molecule has 0 aromatic rings. The second kappa shape index (κ2) is 8.15. The van der Waals surface area contributed by atoms with Crippen LogP contribution in [0.15, 0.2) is 0 Å². The molecule has 1 aliphatic rings. The van der Waals surface area contributed by atoms with Crippen LogP contribution >= 0.6 is 0 Å². The Morgan fingerprint density at radius 2 is 1.89 bits per heavy atom. The zero-order valence-electron chi connectivity index (χ0n) is 11.7. The van der Waals surface area contributed by atoms with E-state index < -0.39 is 11.5 Å². The summed E-state index contributed by atoms with van der Waals surface area (Å²) in [7, 11) is 0. The molecule has 110 valence electrons. The van der Waals surface area contributed by atoms with Gasteiger partial charge in [-0.25, -0.2) is 4.79 Å². The molecule has 0 bridgehead atoms. The molecule has 1 saturated heterocycles. The summed E-state index contributed by atoms with van der Waals surface area (Å²) >= 11 is 0. The number of unbranched alkanes of at least 4 members (excludes halogenated alkanes) is 5. The highest BCUT2D eigenvalue weighted by atomic mass is 16.5. The van der Waals surface area contributed by atoms with Crippen molar-refractivity contribution in [3.8, 4) is 0 Å². The van der Waals surface area contributed by atoms with Gasteiger partial charge in [-0.15, -0.1) is 0 Å². The maximum atomic E-state index is 11.8. The van der Waals surface area contributed by atoms with Gasteiger partial charge in [0.1, 0.15) is 0 Å². The van der Waals surface area contributed by atoms with Crippen LogP contribution in [0.2, 0.25) is 0 Å². The first-order valence-corrected chi connectivity index (χ1v) is 7.23. The van der Waals surface area contributed by atoms with Gasteiger partial charge in [0, 0.05) is 19.4 Å². The molecule has 0 spiro atoms. The molecule has 1 heterocycles. The smallest absolute Gasteiger partial charge is 0.331 e. The Balaban J connectivity index is 2.21. The van der Waals surface area contributed by atoms with E-state index in [2.05, 4.69) is 12.2 Å². The number of hydrogen-bond acceptors (Lipinski definition) is 3. The van der Waals surface area contributed by atoms with Crippen LogP contribution in [0.5, 0.6) is 0 Å². The lowest BCUT2D eigenvalue weighted by Crippen LogP contribution is -2.55. The zero-order chi connectivity index (χ0) is 14.1. The van der Waals surface area contributed by atoms with E-state index in [9.17, 15) is 14.7 Å². The van der Waals surface area contributed by atoms with Crippen LogP contribution in [0.1, 0.15) is 58.3 Å². The third kappa shape index (κ3) is 5.19. The van der Waals surface area contributed by atoms with E-state index in [1.807, 2.05) is 0 Å². The van der Waals surface area contributed by atoms with Gasteiger partial charge in [0.25, 0.3) is 0 Å². The Bertz CT molecular complexity index is 298. The number of carbonyl (C=O) groups is 2. The van der Waals surface area contributed by atoms with Crippen LogP contribution in [0.3, 0.4) is 0 Å². The summed E-state index contributed by atoms with van der Waals surface area (Å²) in [4.78, 5) is 23.0. The van der Waals surface area contributed by atoms with E-state index in [-0.39, 0.29) is 12.5 Å². The third-order valence-electron chi connectivity index (χ3n) is 3.57. The van der Waals surface area contributed by atoms with Gasteiger partial charge >= 0.3 is 5.97 Å². The van der Waals surface area contributed by atoms with E-state index in [0.717, 1.165) is 19.3 Å². The van der Waals surface area contributed by atoms with Crippen molar-refractivity contribution in [1.29, 1.82) is 0 Å². The Morgan fingerprint density at radius 3 is 2.47 bits per heavy atom. The van der Waals surface area contributed by atoms with E-state index in [1.54, 1.807) is 0 Å². The maximum absolute atomic E-state index is 11.8. The number of nitrogens with one attached hydrogen (secondary N) is 1. The van der Waals surface area contributed by atoms with Crippen molar-refractivity contribution in [3.05, 3.63) is 0 Å². The molecular weight excluding hydrogens is 246 g/mol. The summed E-state index contributed by atoms with van der Waals surface area (Å²) in [5, 5.41) is 11.8. The van der Waals surface area contributed by atoms with E-state index in [1.165, 1.54) is 19.3 Å². The first kappa shape index (κ1) is 16.0. The molecular formula is C14H25NO4. The van der Waals surface area contributed by atoms with Gasteiger partial charge < -0.3 is 15.2 Å². The van der Waals surface area contributed by atoms with Crippen molar-refractivity contribution in [2.24, 2.45) is 0 Å².